The van der Waals surface area contributed by atoms with Crippen molar-refractivity contribution in [3.8, 4) is 11.1 Å². The summed E-state index contributed by atoms with van der Waals surface area (Å²) >= 11 is 0. The van der Waals surface area contributed by atoms with Crippen molar-refractivity contribution in [2.75, 3.05) is 25.1 Å². The Morgan fingerprint density at radius 3 is 2.30 bits per heavy atom. The minimum Gasteiger partial charge on any atom is -0.385 e. The molecule has 1 aliphatic rings. The third-order valence-electron chi connectivity index (χ3n) is 3.81. The Kier molecular flexibility index (Phi) is 4.00. The number of benzene rings is 2. The quantitative estimate of drug-likeness (QED) is 0.896. The van der Waals surface area contributed by atoms with Crippen molar-refractivity contribution in [3.05, 3.63) is 54.6 Å². The molecule has 0 aliphatic carbocycles. The number of nitrogens with two attached hydrogens (primary N) is 1. The van der Waals surface area contributed by atoms with Gasteiger partial charge >= 0.3 is 0 Å². The van der Waals surface area contributed by atoms with Gasteiger partial charge in [0.15, 0.2) is 0 Å². The number of hydrogen-bond donors (Lipinski definition) is 2. The van der Waals surface area contributed by atoms with Gasteiger partial charge in [-0.2, -0.15) is 0 Å². The molecule has 2 aromatic carbocycles. The van der Waals surface area contributed by atoms with Crippen molar-refractivity contribution in [1.29, 1.82) is 0 Å². The summed E-state index contributed by atoms with van der Waals surface area (Å²) in [5, 5.41) is 3.44. The minimum absolute atomic E-state index is 0.158. The Hall–Kier alpha value is -1.84. The topological polar surface area (TPSA) is 47.3 Å². The molecule has 2 unspecified atom stereocenters. The zero-order valence-corrected chi connectivity index (χ0v) is 11.5. The van der Waals surface area contributed by atoms with Gasteiger partial charge in [-0.3, -0.25) is 0 Å². The highest BCUT2D eigenvalue weighted by Crippen LogP contribution is 2.21. The lowest BCUT2D eigenvalue weighted by Crippen LogP contribution is -2.33. The van der Waals surface area contributed by atoms with E-state index < -0.39 is 0 Å². The van der Waals surface area contributed by atoms with Gasteiger partial charge in [0.2, 0.25) is 0 Å². The third kappa shape index (κ3) is 3.00. The number of rotatable bonds is 4. The molecule has 104 valence electrons. The molecular formula is C17H20N2O. The van der Waals surface area contributed by atoms with Gasteiger partial charge in [-0.05, 0) is 23.3 Å². The van der Waals surface area contributed by atoms with Crippen LogP contribution >= 0.6 is 0 Å². The molecule has 0 bridgehead atoms. The lowest BCUT2D eigenvalue weighted by atomic mass is 10.0. The minimum atomic E-state index is 0.158. The summed E-state index contributed by atoms with van der Waals surface area (Å²) in [6, 6.07) is 19.1. The van der Waals surface area contributed by atoms with Crippen LogP contribution in [0.2, 0.25) is 0 Å². The highest BCUT2D eigenvalue weighted by Gasteiger charge is 2.24. The summed E-state index contributed by atoms with van der Waals surface area (Å²) in [6.07, 6.45) is 0. The summed E-state index contributed by atoms with van der Waals surface area (Å²) in [6.45, 7) is 2.31. The van der Waals surface area contributed by atoms with E-state index in [4.69, 9.17) is 10.5 Å². The van der Waals surface area contributed by atoms with Gasteiger partial charge in [0, 0.05) is 24.2 Å². The van der Waals surface area contributed by atoms with E-state index in [0.29, 0.717) is 12.5 Å². The van der Waals surface area contributed by atoms with Crippen molar-refractivity contribution in [1.82, 2.24) is 0 Å². The summed E-state index contributed by atoms with van der Waals surface area (Å²) in [7, 11) is 0. The second-order valence-corrected chi connectivity index (χ2v) is 5.29. The zero-order valence-electron chi connectivity index (χ0n) is 11.5. The van der Waals surface area contributed by atoms with E-state index in [1.165, 1.54) is 11.1 Å². The molecule has 2 atom stereocenters. The van der Waals surface area contributed by atoms with E-state index in [-0.39, 0.29) is 6.04 Å². The molecule has 0 radical (unpaired) electrons. The maximum atomic E-state index is 5.98. The van der Waals surface area contributed by atoms with E-state index in [1.54, 1.807) is 0 Å². The summed E-state index contributed by atoms with van der Waals surface area (Å²) in [5.74, 6) is 0.406. The first-order chi connectivity index (χ1) is 9.83. The zero-order chi connectivity index (χ0) is 13.8. The molecule has 3 N–H and O–H groups in total. The molecule has 20 heavy (non-hydrogen) atoms. The largest absolute Gasteiger partial charge is 0.385 e. The smallest absolute Gasteiger partial charge is 0.0621 e. The maximum Gasteiger partial charge on any atom is 0.0621 e. The first kappa shape index (κ1) is 13.2. The Bertz CT molecular complexity index is 539. The van der Waals surface area contributed by atoms with Crippen molar-refractivity contribution in [2.24, 2.45) is 11.7 Å². The molecule has 0 aromatic heterocycles. The van der Waals surface area contributed by atoms with Crippen LogP contribution in [0.5, 0.6) is 0 Å². The van der Waals surface area contributed by atoms with Gasteiger partial charge in [-0.1, -0.05) is 42.5 Å². The van der Waals surface area contributed by atoms with Gasteiger partial charge in [-0.25, -0.2) is 0 Å². The highest BCUT2D eigenvalue weighted by molar-refractivity contribution is 5.65. The van der Waals surface area contributed by atoms with Crippen LogP contribution in [0.15, 0.2) is 54.6 Å². The van der Waals surface area contributed by atoms with E-state index >= 15 is 0 Å². The summed E-state index contributed by atoms with van der Waals surface area (Å²) in [5.41, 5.74) is 9.58. The van der Waals surface area contributed by atoms with Crippen LogP contribution in [0.25, 0.3) is 11.1 Å². The van der Waals surface area contributed by atoms with Crippen LogP contribution in [-0.4, -0.2) is 25.8 Å². The van der Waals surface area contributed by atoms with Gasteiger partial charge in [-0.15, -0.1) is 0 Å². The Morgan fingerprint density at radius 1 is 0.950 bits per heavy atom. The molecule has 2 aromatic rings. The van der Waals surface area contributed by atoms with Crippen LogP contribution < -0.4 is 11.1 Å². The van der Waals surface area contributed by atoms with Gasteiger partial charge in [0.25, 0.3) is 0 Å². The van der Waals surface area contributed by atoms with Crippen LogP contribution in [-0.2, 0) is 4.74 Å². The van der Waals surface area contributed by atoms with Crippen molar-refractivity contribution in [2.45, 2.75) is 6.04 Å². The first-order valence-corrected chi connectivity index (χ1v) is 7.05. The van der Waals surface area contributed by atoms with E-state index in [0.717, 1.165) is 18.8 Å². The average Bonchev–Trinajstić information content (AvgIpc) is 2.92. The van der Waals surface area contributed by atoms with Gasteiger partial charge in [0.05, 0.1) is 13.2 Å². The molecule has 1 saturated heterocycles. The first-order valence-electron chi connectivity index (χ1n) is 7.05. The van der Waals surface area contributed by atoms with Crippen LogP contribution in [0, 0.1) is 5.92 Å². The molecule has 1 aliphatic heterocycles. The standard InChI is InChI=1S/C17H20N2O/c18-17-12-20-11-15(17)10-19-16-8-6-14(7-9-16)13-4-2-1-3-5-13/h1-9,15,17,19H,10-12,18H2. The molecule has 0 spiro atoms. The maximum absolute atomic E-state index is 5.98. The fourth-order valence-electron chi connectivity index (χ4n) is 2.49. The lowest BCUT2D eigenvalue weighted by molar-refractivity contribution is 0.185. The van der Waals surface area contributed by atoms with Crippen LogP contribution in [0.3, 0.4) is 0 Å². The number of hydrogen-bond acceptors (Lipinski definition) is 3. The van der Waals surface area contributed by atoms with E-state index in [9.17, 15) is 0 Å². The third-order valence-corrected chi connectivity index (χ3v) is 3.81. The Balaban J connectivity index is 1.62. The predicted octanol–water partition coefficient (Wildman–Crippen LogP) is 2.74. The summed E-state index contributed by atoms with van der Waals surface area (Å²) < 4.78 is 5.37. The fraction of sp³-hybridized carbons (Fsp3) is 0.294. The van der Waals surface area contributed by atoms with Crippen LogP contribution in [0.4, 0.5) is 5.69 Å². The second-order valence-electron chi connectivity index (χ2n) is 5.29. The number of nitrogens with one attached hydrogen (secondary N) is 1. The molecule has 1 heterocycles. The lowest BCUT2D eigenvalue weighted by Gasteiger charge is -2.15. The molecule has 3 rings (SSSR count). The summed E-state index contributed by atoms with van der Waals surface area (Å²) in [4.78, 5) is 0. The molecule has 0 saturated carbocycles. The van der Waals surface area contributed by atoms with Gasteiger partial charge in [0.1, 0.15) is 0 Å². The predicted molar refractivity (Wildman–Crippen MR) is 82.7 cm³/mol. The number of anilines is 1. The van der Waals surface area contributed by atoms with E-state index in [1.807, 2.05) is 6.07 Å². The Morgan fingerprint density at radius 2 is 1.65 bits per heavy atom. The number of ether oxygens (including phenoxy) is 1. The molecule has 3 nitrogen and oxygen atoms in total. The normalized spacial score (nSPS) is 21.9. The van der Waals surface area contributed by atoms with Crippen molar-refractivity contribution >= 4 is 5.69 Å². The molecular weight excluding hydrogens is 248 g/mol. The fourth-order valence-corrected chi connectivity index (χ4v) is 2.49. The van der Waals surface area contributed by atoms with Crippen LogP contribution in [0.1, 0.15) is 0 Å². The molecule has 3 heteroatoms. The Labute approximate surface area is 119 Å². The molecule has 0 amide bonds. The molecule has 1 fully saturated rings. The monoisotopic (exact) mass is 268 g/mol. The average molecular weight is 268 g/mol. The highest BCUT2D eigenvalue weighted by atomic mass is 16.5. The van der Waals surface area contributed by atoms with Crippen molar-refractivity contribution < 1.29 is 4.74 Å². The van der Waals surface area contributed by atoms with Crippen molar-refractivity contribution in [3.63, 3.8) is 0 Å². The SMILES string of the molecule is NC1COCC1CNc1ccc(-c2ccccc2)cc1. The van der Waals surface area contributed by atoms with Gasteiger partial charge < -0.3 is 15.8 Å². The second kappa shape index (κ2) is 6.07. The van der Waals surface area contributed by atoms with E-state index in [2.05, 4.69) is 53.8 Å².